The predicted molar refractivity (Wildman–Crippen MR) is 69.6 cm³/mol. The maximum Gasteiger partial charge on any atom is 0.425 e. The molecular weight excluding hydrogens is 289 g/mol. The number of aromatic hydroxyl groups is 1. The lowest BCUT2D eigenvalue weighted by Gasteiger charge is -2.19. The number of benzene rings is 1. The molecule has 116 valence electrons. The van der Waals surface area contributed by atoms with Gasteiger partial charge in [0.25, 0.3) is 0 Å². The van der Waals surface area contributed by atoms with Crippen molar-refractivity contribution in [1.29, 1.82) is 0 Å². The van der Waals surface area contributed by atoms with Crippen LogP contribution in [0.5, 0.6) is 5.75 Å². The molecule has 1 atom stereocenters. The number of halogens is 3. The Labute approximate surface area is 119 Å². The highest BCUT2D eigenvalue weighted by atomic mass is 19.4. The first-order valence-electron chi connectivity index (χ1n) is 6.06. The highest BCUT2D eigenvalue weighted by Crippen LogP contribution is 2.25. The number of hydrogen-bond acceptors (Lipinski definition) is 4. The SMILES string of the molecule is COCCC(OC(=O)C=Cc1ccc(O)cc1)C(F)(F)F. The third-order valence-electron chi connectivity index (χ3n) is 2.51. The summed E-state index contributed by atoms with van der Waals surface area (Å²) in [7, 11) is 1.26. The number of esters is 1. The van der Waals surface area contributed by atoms with Gasteiger partial charge in [-0.05, 0) is 23.8 Å². The molecule has 0 aliphatic rings. The van der Waals surface area contributed by atoms with Crippen LogP contribution in [0.1, 0.15) is 12.0 Å². The third kappa shape index (κ3) is 6.31. The van der Waals surface area contributed by atoms with Crippen molar-refractivity contribution < 1.29 is 32.5 Å². The van der Waals surface area contributed by atoms with Crippen molar-refractivity contribution in [3.8, 4) is 5.75 Å². The van der Waals surface area contributed by atoms with Gasteiger partial charge in [0.15, 0.2) is 6.10 Å². The number of alkyl halides is 3. The van der Waals surface area contributed by atoms with E-state index in [9.17, 15) is 18.0 Å². The first kappa shape index (κ1) is 17.0. The van der Waals surface area contributed by atoms with Gasteiger partial charge in [-0.3, -0.25) is 0 Å². The number of carbonyl (C=O) groups is 1. The maximum atomic E-state index is 12.6. The van der Waals surface area contributed by atoms with Gasteiger partial charge in [-0.2, -0.15) is 13.2 Å². The fourth-order valence-electron chi connectivity index (χ4n) is 1.44. The number of methoxy groups -OCH3 is 1. The van der Waals surface area contributed by atoms with Gasteiger partial charge in [0.1, 0.15) is 5.75 Å². The fourth-order valence-corrected chi connectivity index (χ4v) is 1.44. The van der Waals surface area contributed by atoms with E-state index in [0.717, 1.165) is 6.08 Å². The molecule has 0 aromatic heterocycles. The smallest absolute Gasteiger partial charge is 0.425 e. The Kier molecular flexibility index (Phi) is 6.23. The third-order valence-corrected chi connectivity index (χ3v) is 2.51. The first-order valence-corrected chi connectivity index (χ1v) is 6.06. The molecule has 0 saturated heterocycles. The molecule has 0 heterocycles. The molecule has 21 heavy (non-hydrogen) atoms. The van der Waals surface area contributed by atoms with Crippen LogP contribution < -0.4 is 0 Å². The molecule has 0 radical (unpaired) electrons. The minimum Gasteiger partial charge on any atom is -0.508 e. The number of phenolic OH excluding ortho intramolecular Hbond substituents is 1. The molecule has 0 spiro atoms. The molecule has 0 aliphatic carbocycles. The molecule has 0 amide bonds. The molecule has 1 unspecified atom stereocenters. The van der Waals surface area contributed by atoms with E-state index >= 15 is 0 Å². The van der Waals surface area contributed by atoms with E-state index in [2.05, 4.69) is 9.47 Å². The lowest BCUT2D eigenvalue weighted by Crippen LogP contribution is -2.34. The minimum absolute atomic E-state index is 0.0476. The van der Waals surface area contributed by atoms with E-state index in [1.54, 1.807) is 0 Å². The van der Waals surface area contributed by atoms with Gasteiger partial charge < -0.3 is 14.6 Å². The largest absolute Gasteiger partial charge is 0.508 e. The van der Waals surface area contributed by atoms with E-state index in [0.29, 0.717) is 5.56 Å². The van der Waals surface area contributed by atoms with Crippen LogP contribution in [-0.4, -0.2) is 37.1 Å². The van der Waals surface area contributed by atoms with Crippen molar-refractivity contribution in [2.24, 2.45) is 0 Å². The normalized spacial score (nSPS) is 13.3. The first-order chi connectivity index (χ1) is 9.82. The summed E-state index contributed by atoms with van der Waals surface area (Å²) in [5.41, 5.74) is 0.546. The van der Waals surface area contributed by atoms with Gasteiger partial charge >= 0.3 is 12.1 Å². The summed E-state index contributed by atoms with van der Waals surface area (Å²) < 4.78 is 46.8. The van der Waals surface area contributed by atoms with Crippen LogP contribution in [0.25, 0.3) is 6.08 Å². The summed E-state index contributed by atoms with van der Waals surface area (Å²) in [4.78, 5) is 11.4. The van der Waals surface area contributed by atoms with Crippen molar-refractivity contribution in [3.63, 3.8) is 0 Å². The zero-order valence-corrected chi connectivity index (χ0v) is 11.3. The van der Waals surface area contributed by atoms with E-state index < -0.39 is 24.7 Å². The predicted octanol–water partition coefficient (Wildman–Crippen LogP) is 2.92. The highest BCUT2D eigenvalue weighted by Gasteiger charge is 2.42. The van der Waals surface area contributed by atoms with Crippen LogP contribution in [0.15, 0.2) is 30.3 Å². The molecule has 7 heteroatoms. The molecule has 1 N–H and O–H groups in total. The molecule has 0 fully saturated rings. The Morgan fingerprint density at radius 3 is 2.48 bits per heavy atom. The fraction of sp³-hybridized carbons (Fsp3) is 0.357. The van der Waals surface area contributed by atoms with Gasteiger partial charge in [0.05, 0.1) is 6.61 Å². The molecule has 0 aliphatic heterocycles. The Morgan fingerprint density at radius 2 is 1.95 bits per heavy atom. The molecule has 1 aromatic carbocycles. The molecule has 1 aromatic rings. The quantitative estimate of drug-likeness (QED) is 0.648. The summed E-state index contributed by atoms with van der Waals surface area (Å²) in [6, 6.07) is 5.79. The molecule has 4 nitrogen and oxygen atoms in total. The number of hydrogen-bond donors (Lipinski definition) is 1. The number of ether oxygens (including phenoxy) is 2. The lowest BCUT2D eigenvalue weighted by atomic mass is 10.2. The second-order valence-corrected chi connectivity index (χ2v) is 4.17. The van der Waals surface area contributed by atoms with Crippen LogP contribution in [0.4, 0.5) is 13.2 Å². The second kappa shape index (κ2) is 7.68. The molecular formula is C14H15F3O4. The average Bonchev–Trinajstić information content (AvgIpc) is 2.41. The zero-order valence-electron chi connectivity index (χ0n) is 11.3. The Morgan fingerprint density at radius 1 is 1.33 bits per heavy atom. The van der Waals surface area contributed by atoms with Crippen LogP contribution >= 0.6 is 0 Å². The Hall–Kier alpha value is -2.02. The van der Waals surface area contributed by atoms with Crippen LogP contribution in [0.3, 0.4) is 0 Å². The van der Waals surface area contributed by atoms with Gasteiger partial charge in [0.2, 0.25) is 0 Å². The topological polar surface area (TPSA) is 55.8 Å². The zero-order chi connectivity index (χ0) is 15.9. The average molecular weight is 304 g/mol. The van der Waals surface area contributed by atoms with Crippen molar-refractivity contribution in [2.45, 2.75) is 18.7 Å². The van der Waals surface area contributed by atoms with E-state index in [-0.39, 0.29) is 12.4 Å². The van der Waals surface area contributed by atoms with E-state index in [1.807, 2.05) is 0 Å². The molecule has 0 saturated carbocycles. The molecule has 1 rings (SSSR count). The van der Waals surface area contributed by atoms with Crippen LogP contribution in [0, 0.1) is 0 Å². The Bertz CT molecular complexity index is 480. The van der Waals surface area contributed by atoms with E-state index in [4.69, 9.17) is 5.11 Å². The minimum atomic E-state index is -4.64. The number of phenols is 1. The van der Waals surface area contributed by atoms with Crippen molar-refractivity contribution in [2.75, 3.05) is 13.7 Å². The van der Waals surface area contributed by atoms with Crippen LogP contribution in [-0.2, 0) is 14.3 Å². The summed E-state index contributed by atoms with van der Waals surface area (Å²) >= 11 is 0. The van der Waals surface area contributed by atoms with Gasteiger partial charge in [0, 0.05) is 19.6 Å². The monoisotopic (exact) mass is 304 g/mol. The van der Waals surface area contributed by atoms with Gasteiger partial charge in [-0.1, -0.05) is 12.1 Å². The summed E-state index contributed by atoms with van der Waals surface area (Å²) in [6.07, 6.45) is -5.10. The number of carbonyl (C=O) groups excluding carboxylic acids is 1. The van der Waals surface area contributed by atoms with Gasteiger partial charge in [-0.25, -0.2) is 4.79 Å². The Balaban J connectivity index is 2.62. The van der Waals surface area contributed by atoms with Crippen molar-refractivity contribution in [1.82, 2.24) is 0 Å². The van der Waals surface area contributed by atoms with Crippen molar-refractivity contribution in [3.05, 3.63) is 35.9 Å². The summed E-state index contributed by atoms with van der Waals surface area (Å²) in [5, 5.41) is 9.07. The highest BCUT2D eigenvalue weighted by molar-refractivity contribution is 5.87. The van der Waals surface area contributed by atoms with Crippen LogP contribution in [0.2, 0.25) is 0 Å². The maximum absolute atomic E-state index is 12.6. The summed E-state index contributed by atoms with van der Waals surface area (Å²) in [5.74, 6) is -1.05. The lowest BCUT2D eigenvalue weighted by molar-refractivity contribution is -0.221. The second-order valence-electron chi connectivity index (χ2n) is 4.17. The van der Waals surface area contributed by atoms with Crippen molar-refractivity contribution >= 4 is 12.0 Å². The standard InChI is InChI=1S/C14H15F3O4/c1-20-9-8-12(14(15,16)17)21-13(19)7-4-10-2-5-11(18)6-3-10/h2-7,12,18H,8-9H2,1H3. The summed E-state index contributed by atoms with van der Waals surface area (Å²) in [6.45, 7) is -0.168. The van der Waals surface area contributed by atoms with Gasteiger partial charge in [-0.15, -0.1) is 0 Å². The molecule has 0 bridgehead atoms. The number of rotatable bonds is 6. The van der Waals surface area contributed by atoms with E-state index in [1.165, 1.54) is 37.5 Å².